The lowest BCUT2D eigenvalue weighted by molar-refractivity contribution is -0.121. The SMILES string of the molecule is CN1CCN(Cc2ccc(CCC(C)(C)O)cc2)CC12CCNC(=O)CC2. The molecule has 5 nitrogen and oxygen atoms in total. The summed E-state index contributed by atoms with van der Waals surface area (Å²) in [6.07, 6.45) is 4.29. The summed E-state index contributed by atoms with van der Waals surface area (Å²) in [5, 5.41) is 12.9. The Kier molecular flexibility index (Phi) is 6.24. The van der Waals surface area contributed by atoms with Crippen LogP contribution in [0.25, 0.3) is 0 Å². The normalized spacial score (nSPS) is 25.4. The molecule has 0 saturated carbocycles. The summed E-state index contributed by atoms with van der Waals surface area (Å²) in [6, 6.07) is 8.84. The monoisotopic (exact) mass is 373 g/mol. The lowest BCUT2D eigenvalue weighted by Gasteiger charge is -2.49. The number of benzene rings is 1. The van der Waals surface area contributed by atoms with Gasteiger partial charge >= 0.3 is 0 Å². The average Bonchev–Trinajstić information content (AvgIpc) is 2.80. The number of carbonyl (C=O) groups is 1. The van der Waals surface area contributed by atoms with E-state index in [0.717, 1.165) is 58.4 Å². The number of rotatable bonds is 5. The van der Waals surface area contributed by atoms with Crippen LogP contribution in [-0.4, -0.2) is 65.2 Å². The maximum absolute atomic E-state index is 11.8. The third-order valence-electron chi connectivity index (χ3n) is 6.26. The molecule has 1 spiro atoms. The van der Waals surface area contributed by atoms with Gasteiger partial charge in [-0.3, -0.25) is 14.6 Å². The Morgan fingerprint density at radius 3 is 2.56 bits per heavy atom. The molecule has 2 aliphatic rings. The standard InChI is InChI=1S/C22H35N3O2/c1-21(2,27)10-8-18-4-6-19(7-5-18)16-25-15-14-24(3)22(17-25)11-9-20(26)23-13-12-22/h4-7,27H,8-17H2,1-3H3,(H,23,26). The first-order valence-electron chi connectivity index (χ1n) is 10.3. The molecule has 2 heterocycles. The van der Waals surface area contributed by atoms with Gasteiger partial charge in [-0.05, 0) is 57.7 Å². The lowest BCUT2D eigenvalue weighted by Crippen LogP contribution is -2.60. The van der Waals surface area contributed by atoms with Crippen LogP contribution in [0.5, 0.6) is 0 Å². The molecular weight excluding hydrogens is 338 g/mol. The van der Waals surface area contributed by atoms with E-state index in [0.29, 0.717) is 6.42 Å². The second-order valence-electron chi connectivity index (χ2n) is 9.09. The van der Waals surface area contributed by atoms with E-state index in [1.807, 2.05) is 13.8 Å². The molecule has 2 N–H and O–H groups in total. The van der Waals surface area contributed by atoms with Gasteiger partial charge in [0.1, 0.15) is 0 Å². The number of hydrogen-bond acceptors (Lipinski definition) is 4. The van der Waals surface area contributed by atoms with E-state index < -0.39 is 5.60 Å². The molecule has 2 fully saturated rings. The van der Waals surface area contributed by atoms with Gasteiger partial charge in [-0.1, -0.05) is 24.3 Å². The fraction of sp³-hybridized carbons (Fsp3) is 0.682. The minimum Gasteiger partial charge on any atom is -0.390 e. The molecule has 3 rings (SSSR count). The molecule has 1 aromatic rings. The van der Waals surface area contributed by atoms with Crippen LogP contribution in [0, 0.1) is 0 Å². The molecule has 150 valence electrons. The maximum atomic E-state index is 11.8. The van der Waals surface area contributed by atoms with E-state index in [4.69, 9.17) is 0 Å². The summed E-state index contributed by atoms with van der Waals surface area (Å²) in [5.74, 6) is 0.194. The number of nitrogens with one attached hydrogen (secondary N) is 1. The van der Waals surface area contributed by atoms with E-state index in [-0.39, 0.29) is 11.4 Å². The first-order chi connectivity index (χ1) is 12.8. The highest BCUT2D eigenvalue weighted by atomic mass is 16.3. The lowest BCUT2D eigenvalue weighted by atomic mass is 9.86. The Morgan fingerprint density at radius 1 is 1.15 bits per heavy atom. The van der Waals surface area contributed by atoms with E-state index in [1.165, 1.54) is 11.1 Å². The van der Waals surface area contributed by atoms with Crippen LogP contribution in [0.15, 0.2) is 24.3 Å². The van der Waals surface area contributed by atoms with Crippen molar-refractivity contribution in [1.29, 1.82) is 0 Å². The zero-order chi connectivity index (χ0) is 19.5. The predicted octanol–water partition coefficient (Wildman–Crippen LogP) is 2.18. The van der Waals surface area contributed by atoms with Crippen LogP contribution in [-0.2, 0) is 17.8 Å². The summed E-state index contributed by atoms with van der Waals surface area (Å²) >= 11 is 0. The van der Waals surface area contributed by atoms with Crippen molar-refractivity contribution in [3.63, 3.8) is 0 Å². The van der Waals surface area contributed by atoms with Crippen LogP contribution < -0.4 is 5.32 Å². The van der Waals surface area contributed by atoms with Crippen LogP contribution in [0.1, 0.15) is 50.7 Å². The zero-order valence-electron chi connectivity index (χ0n) is 17.1. The van der Waals surface area contributed by atoms with Gasteiger partial charge in [0.05, 0.1) is 5.60 Å². The van der Waals surface area contributed by atoms with Crippen molar-refractivity contribution < 1.29 is 9.90 Å². The van der Waals surface area contributed by atoms with Crippen molar-refractivity contribution in [2.24, 2.45) is 0 Å². The zero-order valence-corrected chi connectivity index (χ0v) is 17.1. The Bertz CT molecular complexity index is 638. The second-order valence-corrected chi connectivity index (χ2v) is 9.09. The van der Waals surface area contributed by atoms with Crippen LogP contribution in [0.3, 0.4) is 0 Å². The van der Waals surface area contributed by atoms with Crippen molar-refractivity contribution in [2.75, 3.05) is 33.2 Å². The second kappa shape index (κ2) is 8.29. The van der Waals surface area contributed by atoms with E-state index in [9.17, 15) is 9.90 Å². The van der Waals surface area contributed by atoms with Crippen LogP contribution >= 0.6 is 0 Å². The number of aryl methyl sites for hydroxylation is 1. The molecule has 1 unspecified atom stereocenters. The van der Waals surface area contributed by atoms with Crippen molar-refractivity contribution in [2.45, 2.75) is 63.6 Å². The predicted molar refractivity (Wildman–Crippen MR) is 109 cm³/mol. The van der Waals surface area contributed by atoms with Gasteiger partial charge in [-0.25, -0.2) is 0 Å². The quantitative estimate of drug-likeness (QED) is 0.831. The molecule has 0 aliphatic carbocycles. The van der Waals surface area contributed by atoms with E-state index >= 15 is 0 Å². The topological polar surface area (TPSA) is 55.8 Å². The summed E-state index contributed by atoms with van der Waals surface area (Å²) in [4.78, 5) is 16.8. The number of aliphatic hydroxyl groups is 1. The third-order valence-corrected chi connectivity index (χ3v) is 6.26. The molecule has 2 aliphatic heterocycles. The summed E-state index contributed by atoms with van der Waals surface area (Å²) in [7, 11) is 2.21. The smallest absolute Gasteiger partial charge is 0.220 e. The summed E-state index contributed by atoms with van der Waals surface area (Å²) in [6.45, 7) is 8.62. The Hall–Kier alpha value is -1.43. The third kappa shape index (κ3) is 5.53. The maximum Gasteiger partial charge on any atom is 0.220 e. The highest BCUT2D eigenvalue weighted by Gasteiger charge is 2.40. The summed E-state index contributed by atoms with van der Waals surface area (Å²) in [5.41, 5.74) is 2.12. The number of hydrogen-bond donors (Lipinski definition) is 2. The van der Waals surface area contributed by atoms with Gasteiger partial charge in [0.15, 0.2) is 0 Å². The van der Waals surface area contributed by atoms with Gasteiger partial charge in [0.2, 0.25) is 5.91 Å². The first kappa shape index (κ1) is 20.3. The molecule has 1 atom stereocenters. The molecule has 0 radical (unpaired) electrons. The fourth-order valence-corrected chi connectivity index (χ4v) is 4.33. The molecule has 1 aromatic carbocycles. The number of carbonyl (C=O) groups excluding carboxylic acids is 1. The van der Waals surface area contributed by atoms with Crippen LogP contribution in [0.2, 0.25) is 0 Å². The minimum atomic E-state index is -0.609. The van der Waals surface area contributed by atoms with Crippen molar-refractivity contribution in [3.8, 4) is 0 Å². The first-order valence-corrected chi connectivity index (χ1v) is 10.3. The Morgan fingerprint density at radius 2 is 1.85 bits per heavy atom. The van der Waals surface area contributed by atoms with Crippen molar-refractivity contribution in [1.82, 2.24) is 15.1 Å². The fourth-order valence-electron chi connectivity index (χ4n) is 4.33. The number of likely N-dealkylation sites (N-methyl/N-ethyl adjacent to an activating group) is 1. The van der Waals surface area contributed by atoms with E-state index in [2.05, 4.69) is 46.4 Å². The Labute approximate surface area is 163 Å². The van der Waals surface area contributed by atoms with Gasteiger partial charge in [0, 0.05) is 44.7 Å². The van der Waals surface area contributed by atoms with Crippen molar-refractivity contribution >= 4 is 5.91 Å². The van der Waals surface area contributed by atoms with Crippen molar-refractivity contribution in [3.05, 3.63) is 35.4 Å². The largest absolute Gasteiger partial charge is 0.390 e. The number of nitrogens with zero attached hydrogens (tertiary/aromatic N) is 2. The molecular formula is C22H35N3O2. The molecule has 2 saturated heterocycles. The van der Waals surface area contributed by atoms with Gasteiger partial charge in [0.25, 0.3) is 0 Å². The summed E-state index contributed by atoms with van der Waals surface area (Å²) < 4.78 is 0. The van der Waals surface area contributed by atoms with Gasteiger partial charge < -0.3 is 10.4 Å². The molecule has 0 aromatic heterocycles. The molecule has 0 bridgehead atoms. The molecule has 1 amide bonds. The van der Waals surface area contributed by atoms with Gasteiger partial charge in [-0.2, -0.15) is 0 Å². The highest BCUT2D eigenvalue weighted by Crippen LogP contribution is 2.31. The minimum absolute atomic E-state index is 0.115. The Balaban J connectivity index is 1.59. The number of amides is 1. The highest BCUT2D eigenvalue weighted by molar-refractivity contribution is 5.76. The number of piperazine rings is 1. The van der Waals surface area contributed by atoms with E-state index in [1.54, 1.807) is 0 Å². The average molecular weight is 374 g/mol. The van der Waals surface area contributed by atoms with Gasteiger partial charge in [-0.15, -0.1) is 0 Å². The van der Waals surface area contributed by atoms with Crippen LogP contribution in [0.4, 0.5) is 0 Å². The molecule has 5 heteroatoms. The molecule has 27 heavy (non-hydrogen) atoms.